The van der Waals surface area contributed by atoms with Crippen molar-refractivity contribution in [2.24, 2.45) is 0 Å². The van der Waals surface area contributed by atoms with Crippen molar-refractivity contribution in [3.63, 3.8) is 0 Å². The highest BCUT2D eigenvalue weighted by atomic mass is 32.2. The van der Waals surface area contributed by atoms with Crippen LogP contribution in [0.2, 0.25) is 0 Å². The molecule has 1 aromatic heterocycles. The van der Waals surface area contributed by atoms with Crippen LogP contribution in [0.1, 0.15) is 20.3 Å². The van der Waals surface area contributed by atoms with Crippen molar-refractivity contribution in [3.8, 4) is 0 Å². The Morgan fingerprint density at radius 1 is 1.38 bits per heavy atom. The first kappa shape index (κ1) is 15.9. The second-order valence-corrected chi connectivity index (χ2v) is 6.33. The summed E-state index contributed by atoms with van der Waals surface area (Å²) in [7, 11) is 0. The van der Waals surface area contributed by atoms with Gasteiger partial charge in [-0.1, -0.05) is 30.0 Å². The van der Waals surface area contributed by atoms with E-state index >= 15 is 0 Å². The molecule has 21 heavy (non-hydrogen) atoms. The number of amides is 1. The fourth-order valence-electron chi connectivity index (χ4n) is 1.72. The number of ether oxygens (including phenoxy) is 1. The van der Waals surface area contributed by atoms with Crippen LogP contribution < -0.4 is 5.32 Å². The first-order valence-electron chi connectivity index (χ1n) is 6.69. The number of nitrogens with one attached hydrogen (secondary N) is 1. The van der Waals surface area contributed by atoms with Gasteiger partial charge in [0.25, 0.3) is 5.91 Å². The largest absolute Gasteiger partial charge is 0.369 e. The lowest BCUT2D eigenvalue weighted by molar-refractivity contribution is -0.127. The zero-order chi connectivity index (χ0) is 15.1. The van der Waals surface area contributed by atoms with E-state index in [1.165, 1.54) is 11.3 Å². The molecule has 0 saturated heterocycles. The Hall–Kier alpha value is -1.44. The van der Waals surface area contributed by atoms with Gasteiger partial charge < -0.3 is 10.1 Å². The summed E-state index contributed by atoms with van der Waals surface area (Å²) in [5.41, 5.74) is 2.47. The van der Waals surface area contributed by atoms with E-state index < -0.39 is 6.10 Å². The molecular formula is C14H17N3O2S2. The van der Waals surface area contributed by atoms with Crippen LogP contribution in [-0.2, 0) is 9.53 Å². The number of anilines is 1. The molecular weight excluding hydrogens is 306 g/mol. The maximum absolute atomic E-state index is 12.0. The molecule has 1 atom stereocenters. The monoisotopic (exact) mass is 323 g/mol. The van der Waals surface area contributed by atoms with Crippen LogP contribution in [0.3, 0.4) is 0 Å². The summed E-state index contributed by atoms with van der Waals surface area (Å²) in [4.78, 5) is 13.1. The highest BCUT2D eigenvalue weighted by Gasteiger charge is 2.16. The van der Waals surface area contributed by atoms with Crippen LogP contribution in [0.4, 0.5) is 5.69 Å². The predicted molar refractivity (Wildman–Crippen MR) is 84.8 cm³/mol. The van der Waals surface area contributed by atoms with Gasteiger partial charge in [0.1, 0.15) is 11.6 Å². The molecule has 7 heteroatoms. The van der Waals surface area contributed by atoms with Gasteiger partial charge in [0.05, 0.1) is 0 Å². The van der Waals surface area contributed by atoms with Crippen LogP contribution in [0.25, 0.3) is 0 Å². The molecule has 1 aromatic carbocycles. The smallest absolute Gasteiger partial charge is 0.253 e. The Labute approximate surface area is 132 Å². The molecule has 1 N–H and O–H groups in total. The fourth-order valence-corrected chi connectivity index (χ4v) is 3.17. The first-order chi connectivity index (χ1) is 10.2. The number of rotatable bonds is 7. The van der Waals surface area contributed by atoms with E-state index in [0.717, 1.165) is 14.9 Å². The minimum Gasteiger partial charge on any atom is -0.369 e. The molecule has 5 nitrogen and oxygen atoms in total. The third-order valence-corrected chi connectivity index (χ3v) is 4.48. The number of carbonyl (C=O) groups is 1. The lowest BCUT2D eigenvalue weighted by atomic mass is 10.2. The van der Waals surface area contributed by atoms with Crippen LogP contribution >= 0.6 is 23.1 Å². The van der Waals surface area contributed by atoms with Crippen LogP contribution in [-0.4, -0.2) is 28.8 Å². The molecule has 0 fully saturated rings. The number of carbonyl (C=O) groups excluding carboxylic acids is 1. The van der Waals surface area contributed by atoms with Crippen molar-refractivity contribution in [2.75, 3.05) is 11.9 Å². The zero-order valence-corrected chi connectivity index (χ0v) is 13.5. The standard InChI is InChI=1S/C14H17N3O2S2/c1-3-12(19-4-2)13(18)16-10-5-7-11(8-6-10)21-14-17-15-9-20-14/h5-9,12H,3-4H2,1-2H3,(H,16,18)/t12-/m0/s1. The van der Waals surface area contributed by atoms with Crippen molar-refractivity contribution in [2.45, 2.75) is 35.6 Å². The van der Waals surface area contributed by atoms with E-state index in [9.17, 15) is 4.79 Å². The van der Waals surface area contributed by atoms with Crippen molar-refractivity contribution < 1.29 is 9.53 Å². The molecule has 2 aromatic rings. The van der Waals surface area contributed by atoms with Gasteiger partial charge >= 0.3 is 0 Å². The Balaban J connectivity index is 1.94. The average molecular weight is 323 g/mol. The summed E-state index contributed by atoms with van der Waals surface area (Å²) < 4.78 is 6.29. The molecule has 0 spiro atoms. The minimum atomic E-state index is -0.398. The molecule has 1 heterocycles. The van der Waals surface area contributed by atoms with E-state index in [1.807, 2.05) is 38.1 Å². The summed E-state index contributed by atoms with van der Waals surface area (Å²) in [5, 5.41) is 10.6. The highest BCUT2D eigenvalue weighted by molar-refractivity contribution is 8.01. The number of nitrogens with zero attached hydrogens (tertiary/aromatic N) is 2. The summed E-state index contributed by atoms with van der Waals surface area (Å²) in [6.45, 7) is 4.35. The topological polar surface area (TPSA) is 64.1 Å². The Bertz CT molecular complexity index is 558. The second kappa shape index (κ2) is 8.11. The van der Waals surface area contributed by atoms with Crippen molar-refractivity contribution in [3.05, 3.63) is 29.8 Å². The summed E-state index contributed by atoms with van der Waals surface area (Å²) in [6, 6.07) is 7.65. The van der Waals surface area contributed by atoms with Crippen LogP contribution in [0, 0.1) is 0 Å². The fraction of sp³-hybridized carbons (Fsp3) is 0.357. The number of benzene rings is 1. The third-order valence-electron chi connectivity index (χ3n) is 2.70. The quantitative estimate of drug-likeness (QED) is 0.845. The normalized spacial score (nSPS) is 12.1. The van der Waals surface area contributed by atoms with Gasteiger partial charge in [0.2, 0.25) is 0 Å². The van der Waals surface area contributed by atoms with E-state index in [4.69, 9.17) is 4.74 Å². The van der Waals surface area contributed by atoms with Gasteiger partial charge in [-0.15, -0.1) is 10.2 Å². The van der Waals surface area contributed by atoms with E-state index in [1.54, 1.807) is 17.3 Å². The molecule has 0 aliphatic heterocycles. The van der Waals surface area contributed by atoms with E-state index in [-0.39, 0.29) is 5.91 Å². The lowest BCUT2D eigenvalue weighted by Gasteiger charge is -2.14. The zero-order valence-electron chi connectivity index (χ0n) is 11.9. The minimum absolute atomic E-state index is 0.108. The van der Waals surface area contributed by atoms with E-state index in [2.05, 4.69) is 15.5 Å². The number of aromatic nitrogens is 2. The molecule has 0 aliphatic rings. The predicted octanol–water partition coefficient (Wildman–Crippen LogP) is 3.44. The van der Waals surface area contributed by atoms with Crippen molar-refractivity contribution >= 4 is 34.7 Å². The molecule has 112 valence electrons. The summed E-state index contributed by atoms with van der Waals surface area (Å²) in [5.74, 6) is -0.108. The van der Waals surface area contributed by atoms with Gasteiger partial charge in [-0.25, -0.2) is 0 Å². The number of hydrogen-bond acceptors (Lipinski definition) is 6. The summed E-state index contributed by atoms with van der Waals surface area (Å²) in [6.07, 6.45) is 0.260. The Morgan fingerprint density at radius 2 is 2.14 bits per heavy atom. The SMILES string of the molecule is CCO[C@@H](CC)C(=O)Nc1ccc(Sc2nncs2)cc1. The molecule has 2 rings (SSSR count). The Morgan fingerprint density at radius 3 is 2.71 bits per heavy atom. The summed E-state index contributed by atoms with van der Waals surface area (Å²) >= 11 is 3.05. The van der Waals surface area contributed by atoms with E-state index in [0.29, 0.717) is 13.0 Å². The van der Waals surface area contributed by atoms with Crippen molar-refractivity contribution in [1.82, 2.24) is 10.2 Å². The molecule has 0 unspecified atom stereocenters. The van der Waals surface area contributed by atoms with Gasteiger partial charge in [-0.2, -0.15) is 0 Å². The molecule has 0 radical (unpaired) electrons. The van der Waals surface area contributed by atoms with Gasteiger partial charge in [0.15, 0.2) is 4.34 Å². The lowest BCUT2D eigenvalue weighted by Crippen LogP contribution is -2.29. The third kappa shape index (κ3) is 4.80. The maximum atomic E-state index is 12.0. The average Bonchev–Trinajstić information content (AvgIpc) is 2.99. The number of hydrogen-bond donors (Lipinski definition) is 1. The van der Waals surface area contributed by atoms with Gasteiger partial charge in [-0.3, -0.25) is 4.79 Å². The Kier molecular flexibility index (Phi) is 6.16. The van der Waals surface area contributed by atoms with Gasteiger partial charge in [-0.05, 0) is 37.6 Å². The van der Waals surface area contributed by atoms with Crippen LogP contribution in [0.15, 0.2) is 39.0 Å². The maximum Gasteiger partial charge on any atom is 0.253 e. The second-order valence-electron chi connectivity index (χ2n) is 4.17. The molecule has 0 aliphatic carbocycles. The molecule has 1 amide bonds. The van der Waals surface area contributed by atoms with Crippen LogP contribution in [0.5, 0.6) is 0 Å². The molecule has 0 saturated carbocycles. The first-order valence-corrected chi connectivity index (χ1v) is 8.39. The highest BCUT2D eigenvalue weighted by Crippen LogP contribution is 2.29. The molecule has 0 bridgehead atoms. The van der Waals surface area contributed by atoms with Crippen molar-refractivity contribution in [1.29, 1.82) is 0 Å². The van der Waals surface area contributed by atoms with Gasteiger partial charge in [0, 0.05) is 17.2 Å².